The maximum Gasteiger partial charge on any atom is 0.231 e. The van der Waals surface area contributed by atoms with E-state index in [0.717, 1.165) is 36.3 Å². The third-order valence-corrected chi connectivity index (χ3v) is 3.41. The summed E-state index contributed by atoms with van der Waals surface area (Å²) >= 11 is 0. The average molecular weight is 257 g/mol. The van der Waals surface area contributed by atoms with Crippen LogP contribution in [-0.4, -0.2) is 28.1 Å². The number of fused-ring (bicyclic) bond motifs is 1. The van der Waals surface area contributed by atoms with Crippen LogP contribution in [0.4, 0.5) is 0 Å². The molecule has 6 nitrogen and oxygen atoms in total. The van der Waals surface area contributed by atoms with Crippen molar-refractivity contribution in [1.82, 2.24) is 15.0 Å². The molecule has 1 fully saturated rings. The first-order chi connectivity index (χ1) is 9.36. The number of nitrogens with zero attached hydrogens (tertiary/aromatic N) is 3. The SMILES string of the molecule is O=Cc1nnn(-c2ccc3c(c2)OCO3)c1C1CC1. The standard InChI is InChI=1S/C13H11N3O3/c17-6-10-13(8-1-2-8)16(15-14-10)9-3-4-11-12(5-9)19-7-18-11/h3-6,8H,1-2,7H2. The fourth-order valence-electron chi connectivity index (χ4n) is 2.33. The van der Waals surface area contributed by atoms with Crippen molar-refractivity contribution in [2.75, 3.05) is 6.79 Å². The van der Waals surface area contributed by atoms with Crippen LogP contribution in [0.5, 0.6) is 11.5 Å². The fourth-order valence-corrected chi connectivity index (χ4v) is 2.33. The molecule has 0 bridgehead atoms. The van der Waals surface area contributed by atoms with Crippen LogP contribution in [0.2, 0.25) is 0 Å². The van der Waals surface area contributed by atoms with Crippen LogP contribution in [0.15, 0.2) is 18.2 Å². The van der Waals surface area contributed by atoms with Gasteiger partial charge in [0, 0.05) is 12.0 Å². The highest BCUT2D eigenvalue weighted by atomic mass is 16.7. The van der Waals surface area contributed by atoms with Gasteiger partial charge in [-0.2, -0.15) is 0 Å². The van der Waals surface area contributed by atoms with Crippen LogP contribution in [0, 0.1) is 0 Å². The van der Waals surface area contributed by atoms with Gasteiger partial charge in [0.05, 0.1) is 11.4 Å². The third-order valence-electron chi connectivity index (χ3n) is 3.41. The van der Waals surface area contributed by atoms with Crippen molar-refractivity contribution in [2.45, 2.75) is 18.8 Å². The van der Waals surface area contributed by atoms with E-state index in [1.807, 2.05) is 18.2 Å². The highest BCUT2D eigenvalue weighted by Gasteiger charge is 2.32. The Bertz CT molecular complexity index is 661. The van der Waals surface area contributed by atoms with Gasteiger partial charge in [-0.3, -0.25) is 4.79 Å². The highest BCUT2D eigenvalue weighted by molar-refractivity contribution is 5.74. The van der Waals surface area contributed by atoms with Gasteiger partial charge in [-0.05, 0) is 25.0 Å². The van der Waals surface area contributed by atoms with E-state index >= 15 is 0 Å². The normalized spacial score (nSPS) is 16.6. The van der Waals surface area contributed by atoms with Crippen LogP contribution in [-0.2, 0) is 0 Å². The summed E-state index contributed by atoms with van der Waals surface area (Å²) in [6, 6.07) is 5.59. The van der Waals surface area contributed by atoms with Crippen molar-refractivity contribution in [1.29, 1.82) is 0 Å². The molecular formula is C13H11N3O3. The minimum absolute atomic E-state index is 0.241. The van der Waals surface area contributed by atoms with Gasteiger partial charge in [0.15, 0.2) is 17.8 Å². The maximum absolute atomic E-state index is 11.0. The summed E-state index contributed by atoms with van der Waals surface area (Å²) in [4.78, 5) is 11.0. The molecule has 96 valence electrons. The molecule has 1 aromatic carbocycles. The fraction of sp³-hybridized carbons (Fsp3) is 0.308. The zero-order valence-corrected chi connectivity index (χ0v) is 10.1. The number of rotatable bonds is 3. The summed E-state index contributed by atoms with van der Waals surface area (Å²) in [5.41, 5.74) is 2.17. The van der Waals surface area contributed by atoms with Gasteiger partial charge < -0.3 is 9.47 Å². The number of benzene rings is 1. The summed E-state index contributed by atoms with van der Waals surface area (Å²) in [5, 5.41) is 8.02. The summed E-state index contributed by atoms with van der Waals surface area (Å²) in [6.45, 7) is 0.241. The van der Waals surface area contributed by atoms with E-state index in [1.165, 1.54) is 0 Å². The zero-order valence-electron chi connectivity index (χ0n) is 10.1. The Hall–Kier alpha value is -2.37. The van der Waals surface area contributed by atoms with Crippen LogP contribution < -0.4 is 9.47 Å². The number of ether oxygens (including phenoxy) is 2. The highest BCUT2D eigenvalue weighted by Crippen LogP contribution is 2.42. The number of hydrogen-bond acceptors (Lipinski definition) is 5. The monoisotopic (exact) mass is 257 g/mol. The number of hydrogen-bond donors (Lipinski definition) is 0. The average Bonchev–Trinajstić information content (AvgIpc) is 3.02. The molecule has 0 atom stereocenters. The molecule has 4 rings (SSSR count). The first kappa shape index (κ1) is 10.5. The van der Waals surface area contributed by atoms with Crippen molar-refractivity contribution >= 4 is 6.29 Å². The van der Waals surface area contributed by atoms with E-state index in [9.17, 15) is 4.79 Å². The molecule has 0 spiro atoms. The van der Waals surface area contributed by atoms with Gasteiger partial charge in [0.25, 0.3) is 0 Å². The Morgan fingerprint density at radius 2 is 2.11 bits per heavy atom. The predicted octanol–water partition coefficient (Wildman–Crippen LogP) is 1.69. The smallest absolute Gasteiger partial charge is 0.231 e. The Morgan fingerprint density at radius 3 is 2.89 bits per heavy atom. The lowest BCUT2D eigenvalue weighted by Crippen LogP contribution is -2.02. The lowest BCUT2D eigenvalue weighted by atomic mass is 10.2. The van der Waals surface area contributed by atoms with Gasteiger partial charge in [-0.25, -0.2) is 4.68 Å². The number of carbonyl (C=O) groups is 1. The molecule has 1 aromatic heterocycles. The molecule has 0 radical (unpaired) electrons. The Kier molecular flexibility index (Phi) is 2.11. The van der Waals surface area contributed by atoms with E-state index in [-0.39, 0.29) is 6.79 Å². The van der Waals surface area contributed by atoms with E-state index in [2.05, 4.69) is 10.3 Å². The largest absolute Gasteiger partial charge is 0.454 e. The molecule has 6 heteroatoms. The zero-order chi connectivity index (χ0) is 12.8. The molecule has 2 heterocycles. The van der Waals surface area contributed by atoms with E-state index in [4.69, 9.17) is 9.47 Å². The lowest BCUT2D eigenvalue weighted by Gasteiger charge is -2.06. The summed E-state index contributed by atoms with van der Waals surface area (Å²) in [6.07, 6.45) is 2.93. The molecule has 0 saturated heterocycles. The van der Waals surface area contributed by atoms with Crippen molar-refractivity contribution in [3.63, 3.8) is 0 Å². The predicted molar refractivity (Wildman–Crippen MR) is 64.8 cm³/mol. The summed E-state index contributed by atoms with van der Waals surface area (Å²) in [5.74, 6) is 1.82. The van der Waals surface area contributed by atoms with Crippen LogP contribution >= 0.6 is 0 Å². The molecule has 1 saturated carbocycles. The molecule has 2 aliphatic rings. The molecule has 0 N–H and O–H groups in total. The molecule has 0 amide bonds. The second-order valence-electron chi connectivity index (χ2n) is 4.70. The number of carbonyl (C=O) groups excluding carboxylic acids is 1. The molecule has 1 aliphatic heterocycles. The molecule has 19 heavy (non-hydrogen) atoms. The van der Waals surface area contributed by atoms with Gasteiger partial charge in [-0.15, -0.1) is 5.10 Å². The second-order valence-corrected chi connectivity index (χ2v) is 4.70. The number of aldehydes is 1. The molecule has 1 aliphatic carbocycles. The summed E-state index contributed by atoms with van der Waals surface area (Å²) < 4.78 is 12.4. The third kappa shape index (κ3) is 1.60. The van der Waals surface area contributed by atoms with Gasteiger partial charge >= 0.3 is 0 Å². The van der Waals surface area contributed by atoms with Gasteiger partial charge in [0.1, 0.15) is 5.69 Å². The molecule has 0 unspecified atom stereocenters. The first-order valence-corrected chi connectivity index (χ1v) is 6.17. The van der Waals surface area contributed by atoms with Crippen LogP contribution in [0.3, 0.4) is 0 Å². The number of aromatic nitrogens is 3. The maximum atomic E-state index is 11.0. The lowest BCUT2D eigenvalue weighted by molar-refractivity contribution is 0.111. The summed E-state index contributed by atoms with van der Waals surface area (Å²) in [7, 11) is 0. The minimum Gasteiger partial charge on any atom is -0.454 e. The van der Waals surface area contributed by atoms with Crippen molar-refractivity contribution < 1.29 is 14.3 Å². The van der Waals surface area contributed by atoms with Crippen LogP contribution in [0.1, 0.15) is 34.9 Å². The Morgan fingerprint density at radius 1 is 1.26 bits per heavy atom. The quantitative estimate of drug-likeness (QED) is 0.783. The Balaban J connectivity index is 1.84. The van der Waals surface area contributed by atoms with Crippen molar-refractivity contribution in [3.05, 3.63) is 29.6 Å². The minimum atomic E-state index is 0.241. The topological polar surface area (TPSA) is 66.2 Å². The Labute approximate surface area is 108 Å². The van der Waals surface area contributed by atoms with Gasteiger partial charge in [0.2, 0.25) is 6.79 Å². The van der Waals surface area contributed by atoms with E-state index < -0.39 is 0 Å². The molecule has 2 aromatic rings. The molecular weight excluding hydrogens is 246 g/mol. The van der Waals surface area contributed by atoms with Gasteiger partial charge in [-0.1, -0.05) is 5.21 Å². The van der Waals surface area contributed by atoms with Crippen LogP contribution in [0.25, 0.3) is 5.69 Å². The van der Waals surface area contributed by atoms with Crippen molar-refractivity contribution in [2.24, 2.45) is 0 Å². The van der Waals surface area contributed by atoms with E-state index in [1.54, 1.807) is 4.68 Å². The second kappa shape index (κ2) is 3.81. The van der Waals surface area contributed by atoms with E-state index in [0.29, 0.717) is 17.4 Å². The van der Waals surface area contributed by atoms with Crippen molar-refractivity contribution in [3.8, 4) is 17.2 Å². The first-order valence-electron chi connectivity index (χ1n) is 6.17.